The molecule has 13 heavy (non-hydrogen) atoms. The molecule has 0 fully saturated rings. The molecule has 1 aromatic heterocycles. The van der Waals surface area contributed by atoms with Crippen LogP contribution in [0.1, 0.15) is 28.7 Å². The third kappa shape index (κ3) is 2.18. The molecule has 0 aliphatic carbocycles. The lowest BCUT2D eigenvalue weighted by atomic mass is 10.2. The van der Waals surface area contributed by atoms with Gasteiger partial charge < -0.3 is 10.1 Å². The van der Waals surface area contributed by atoms with Gasteiger partial charge in [0.15, 0.2) is 0 Å². The number of rotatable bonds is 3. The number of ketones is 1. The van der Waals surface area contributed by atoms with Crippen molar-refractivity contribution in [1.82, 2.24) is 4.98 Å². The van der Waals surface area contributed by atoms with Gasteiger partial charge >= 0.3 is 5.97 Å². The highest BCUT2D eigenvalue weighted by Crippen LogP contribution is 2.10. The molecule has 1 aromatic rings. The number of carboxylic acids is 1. The van der Waals surface area contributed by atoms with Crippen molar-refractivity contribution in [2.45, 2.75) is 20.3 Å². The summed E-state index contributed by atoms with van der Waals surface area (Å²) >= 11 is 0. The number of H-pyrrole nitrogens is 1. The van der Waals surface area contributed by atoms with Crippen LogP contribution in [0.3, 0.4) is 0 Å². The van der Waals surface area contributed by atoms with Crippen LogP contribution in [0.2, 0.25) is 0 Å². The van der Waals surface area contributed by atoms with Crippen LogP contribution < -0.4 is 0 Å². The number of aromatic carboxylic acids is 1. The number of nitrogens with one attached hydrogen (secondary N) is 1. The molecule has 0 unspecified atom stereocenters. The molecule has 0 amide bonds. The van der Waals surface area contributed by atoms with Crippen molar-refractivity contribution in [2.75, 3.05) is 0 Å². The van der Waals surface area contributed by atoms with Crippen LogP contribution in [0.4, 0.5) is 0 Å². The van der Waals surface area contributed by atoms with Gasteiger partial charge in [-0.3, -0.25) is 4.79 Å². The minimum atomic E-state index is -1.00. The molecule has 70 valence electrons. The van der Waals surface area contributed by atoms with Gasteiger partial charge in [0, 0.05) is 12.1 Å². The van der Waals surface area contributed by atoms with Crippen molar-refractivity contribution < 1.29 is 14.7 Å². The fourth-order valence-corrected chi connectivity index (χ4v) is 1.15. The van der Waals surface area contributed by atoms with Crippen molar-refractivity contribution in [2.24, 2.45) is 0 Å². The van der Waals surface area contributed by atoms with Gasteiger partial charge in [0.25, 0.3) is 0 Å². The SMILES string of the molecule is CC(=O)Cc1[nH]c(C(=O)O)cc1C. The number of carbonyl (C=O) groups is 2. The van der Waals surface area contributed by atoms with Gasteiger partial charge in [-0.2, -0.15) is 0 Å². The molecular formula is C9H11NO3. The zero-order valence-corrected chi connectivity index (χ0v) is 7.55. The summed E-state index contributed by atoms with van der Waals surface area (Å²) in [5, 5.41) is 8.64. The van der Waals surface area contributed by atoms with Gasteiger partial charge in [-0.05, 0) is 25.5 Å². The van der Waals surface area contributed by atoms with Crippen LogP contribution in [-0.4, -0.2) is 21.8 Å². The Kier molecular flexibility index (Phi) is 2.51. The van der Waals surface area contributed by atoms with Crippen molar-refractivity contribution >= 4 is 11.8 Å². The van der Waals surface area contributed by atoms with E-state index < -0.39 is 5.97 Å². The Bertz CT molecular complexity index is 352. The first-order valence-corrected chi connectivity index (χ1v) is 3.92. The number of hydrogen-bond acceptors (Lipinski definition) is 2. The molecule has 0 atom stereocenters. The highest BCUT2D eigenvalue weighted by atomic mass is 16.4. The largest absolute Gasteiger partial charge is 0.477 e. The Hall–Kier alpha value is -1.58. The average Bonchev–Trinajstić information content (AvgIpc) is 2.31. The van der Waals surface area contributed by atoms with Crippen molar-refractivity contribution in [3.8, 4) is 0 Å². The summed E-state index contributed by atoms with van der Waals surface area (Å²) in [6.45, 7) is 3.25. The molecule has 4 heteroatoms. The van der Waals surface area contributed by atoms with Gasteiger partial charge in [-0.15, -0.1) is 0 Å². The summed E-state index contributed by atoms with van der Waals surface area (Å²) in [6, 6.07) is 1.53. The third-order valence-electron chi connectivity index (χ3n) is 1.78. The summed E-state index contributed by atoms with van der Waals surface area (Å²) in [7, 11) is 0. The maximum absolute atomic E-state index is 10.8. The predicted octanol–water partition coefficient (Wildman–Crippen LogP) is 1.15. The molecule has 0 saturated heterocycles. The Morgan fingerprint density at radius 2 is 2.15 bits per heavy atom. The second-order valence-electron chi connectivity index (χ2n) is 3.03. The van der Waals surface area contributed by atoms with Crippen LogP contribution in [0, 0.1) is 6.92 Å². The van der Waals surface area contributed by atoms with Gasteiger partial charge in [-0.1, -0.05) is 0 Å². The van der Waals surface area contributed by atoms with E-state index >= 15 is 0 Å². The Balaban J connectivity index is 2.96. The molecule has 1 rings (SSSR count). The van der Waals surface area contributed by atoms with E-state index in [1.54, 1.807) is 6.92 Å². The standard InChI is InChI=1S/C9H11NO3/c1-5-3-8(9(12)13)10-7(5)4-6(2)11/h3,10H,4H2,1-2H3,(H,12,13). The molecule has 2 N–H and O–H groups in total. The first-order valence-electron chi connectivity index (χ1n) is 3.92. The lowest BCUT2D eigenvalue weighted by Crippen LogP contribution is -2.00. The zero-order valence-electron chi connectivity index (χ0n) is 7.55. The van der Waals surface area contributed by atoms with E-state index in [1.807, 2.05) is 0 Å². The van der Waals surface area contributed by atoms with Crippen LogP contribution in [0.15, 0.2) is 6.07 Å². The van der Waals surface area contributed by atoms with E-state index in [2.05, 4.69) is 4.98 Å². The minimum Gasteiger partial charge on any atom is -0.477 e. The summed E-state index contributed by atoms with van der Waals surface area (Å²) < 4.78 is 0. The van der Waals surface area contributed by atoms with Gasteiger partial charge in [0.1, 0.15) is 11.5 Å². The number of aromatic amines is 1. The van der Waals surface area contributed by atoms with E-state index in [1.165, 1.54) is 13.0 Å². The number of carboxylic acid groups (broad SMARTS) is 1. The van der Waals surface area contributed by atoms with Crippen LogP contribution in [-0.2, 0) is 11.2 Å². The first kappa shape index (κ1) is 9.51. The monoisotopic (exact) mass is 181 g/mol. The fraction of sp³-hybridized carbons (Fsp3) is 0.333. The van der Waals surface area contributed by atoms with Crippen LogP contribution >= 0.6 is 0 Å². The lowest BCUT2D eigenvalue weighted by molar-refractivity contribution is -0.116. The topological polar surface area (TPSA) is 70.2 Å². The molecule has 0 saturated carbocycles. The molecule has 0 radical (unpaired) electrons. The Morgan fingerprint density at radius 3 is 2.54 bits per heavy atom. The number of aromatic nitrogens is 1. The molecule has 0 bridgehead atoms. The highest BCUT2D eigenvalue weighted by molar-refractivity contribution is 5.86. The fourth-order valence-electron chi connectivity index (χ4n) is 1.15. The first-order chi connectivity index (χ1) is 6.00. The quantitative estimate of drug-likeness (QED) is 0.734. The van der Waals surface area contributed by atoms with Crippen LogP contribution in [0.5, 0.6) is 0 Å². The van der Waals surface area contributed by atoms with Crippen LogP contribution in [0.25, 0.3) is 0 Å². The van der Waals surface area contributed by atoms with E-state index in [9.17, 15) is 9.59 Å². The maximum Gasteiger partial charge on any atom is 0.352 e. The van der Waals surface area contributed by atoms with E-state index in [-0.39, 0.29) is 17.9 Å². The van der Waals surface area contributed by atoms with E-state index in [0.717, 1.165) is 5.56 Å². The van der Waals surface area contributed by atoms with E-state index in [0.29, 0.717) is 5.69 Å². The van der Waals surface area contributed by atoms with Gasteiger partial charge in [0.2, 0.25) is 0 Å². The minimum absolute atomic E-state index is 0.0156. The second kappa shape index (κ2) is 3.43. The van der Waals surface area contributed by atoms with Crippen molar-refractivity contribution in [3.05, 3.63) is 23.0 Å². The lowest BCUT2D eigenvalue weighted by Gasteiger charge is -1.94. The highest BCUT2D eigenvalue weighted by Gasteiger charge is 2.10. The Morgan fingerprint density at radius 1 is 1.54 bits per heavy atom. The zero-order chi connectivity index (χ0) is 10.0. The van der Waals surface area contributed by atoms with Crippen molar-refractivity contribution in [1.29, 1.82) is 0 Å². The number of Topliss-reactive ketones (excluding diaryl/α,β-unsaturated/α-hetero) is 1. The summed E-state index contributed by atoms with van der Waals surface area (Å²) in [5.74, 6) is -0.986. The molecule has 0 aliphatic rings. The maximum atomic E-state index is 10.8. The Labute approximate surface area is 75.6 Å². The summed E-state index contributed by atoms with van der Waals surface area (Å²) in [4.78, 5) is 24.0. The molecule has 0 aromatic carbocycles. The summed E-state index contributed by atoms with van der Waals surface area (Å²) in [6.07, 6.45) is 0.263. The molecule has 0 aliphatic heterocycles. The second-order valence-corrected chi connectivity index (χ2v) is 3.03. The average molecular weight is 181 g/mol. The summed E-state index contributed by atoms with van der Waals surface area (Å²) in [5.41, 5.74) is 1.63. The molecule has 1 heterocycles. The predicted molar refractivity (Wildman–Crippen MR) is 46.9 cm³/mol. The van der Waals surface area contributed by atoms with E-state index in [4.69, 9.17) is 5.11 Å². The molecular weight excluding hydrogens is 170 g/mol. The molecule has 4 nitrogen and oxygen atoms in total. The number of aryl methyl sites for hydroxylation is 1. The van der Waals surface area contributed by atoms with Gasteiger partial charge in [0.05, 0.1) is 0 Å². The smallest absolute Gasteiger partial charge is 0.352 e. The number of hydrogen-bond donors (Lipinski definition) is 2. The van der Waals surface area contributed by atoms with Crippen molar-refractivity contribution in [3.63, 3.8) is 0 Å². The third-order valence-corrected chi connectivity index (χ3v) is 1.78. The number of carbonyl (C=O) groups excluding carboxylic acids is 1. The van der Waals surface area contributed by atoms with Gasteiger partial charge in [-0.25, -0.2) is 4.79 Å². The normalized spacial score (nSPS) is 10.0. The molecule has 0 spiro atoms.